The van der Waals surface area contributed by atoms with Crippen LogP contribution in [0.25, 0.3) is 33.7 Å². The van der Waals surface area contributed by atoms with Crippen LogP contribution in [0.4, 0.5) is 0 Å². The van der Waals surface area contributed by atoms with E-state index in [9.17, 15) is 34.5 Å². The van der Waals surface area contributed by atoms with Crippen molar-refractivity contribution in [3.05, 3.63) is 86.4 Å². The maximum atomic E-state index is 14.7. The Morgan fingerprint density at radius 2 is 1.79 bits per heavy atom. The number of aliphatic hydroxyl groups excluding tert-OH is 2. The third-order valence-electron chi connectivity index (χ3n) is 12.3. The van der Waals surface area contributed by atoms with Gasteiger partial charge in [-0.2, -0.15) is 0 Å². The van der Waals surface area contributed by atoms with Crippen molar-refractivity contribution in [2.24, 2.45) is 28.7 Å². The second-order valence-electron chi connectivity index (χ2n) is 16.6. The Morgan fingerprint density at radius 1 is 1.08 bits per heavy atom. The van der Waals surface area contributed by atoms with Crippen LogP contribution in [0.15, 0.2) is 64.3 Å². The molecule has 0 spiro atoms. The van der Waals surface area contributed by atoms with Gasteiger partial charge in [0.2, 0.25) is 0 Å². The van der Waals surface area contributed by atoms with E-state index in [4.69, 9.17) is 18.9 Å². The number of pyridine rings is 1. The topological polar surface area (TPSA) is 214 Å². The number of nitrogens with one attached hydrogen (secondary N) is 2. The average Bonchev–Trinajstić information content (AvgIpc) is 3.75. The zero-order valence-corrected chi connectivity index (χ0v) is 37.0. The number of H-pyrrole nitrogens is 1. The number of aromatic amines is 1. The summed E-state index contributed by atoms with van der Waals surface area (Å²) >= 11 is 0. The van der Waals surface area contributed by atoms with Gasteiger partial charge in [0, 0.05) is 87.1 Å². The number of ether oxygens (including phenoxy) is 4. The Labute approximate surface area is 358 Å². The lowest BCUT2D eigenvalue weighted by atomic mass is 9.78. The summed E-state index contributed by atoms with van der Waals surface area (Å²) in [7, 11) is 3.34. The molecule has 4 aromatic rings. The first-order chi connectivity index (χ1) is 29.3. The van der Waals surface area contributed by atoms with E-state index in [0.717, 1.165) is 11.8 Å². The van der Waals surface area contributed by atoms with Crippen LogP contribution in [0.5, 0.6) is 11.5 Å². The van der Waals surface area contributed by atoms with Crippen LogP contribution in [0.1, 0.15) is 71.3 Å². The summed E-state index contributed by atoms with van der Waals surface area (Å²) in [6.07, 6.45) is 7.22. The molecule has 16 heteroatoms. The third-order valence-corrected chi connectivity index (χ3v) is 12.3. The number of carbonyl (C=O) groups is 3. The van der Waals surface area contributed by atoms with Gasteiger partial charge in [0.15, 0.2) is 11.2 Å². The fourth-order valence-electron chi connectivity index (χ4n) is 8.32. The van der Waals surface area contributed by atoms with Gasteiger partial charge in [0.25, 0.3) is 11.7 Å². The number of allylic oxidation sites excluding steroid dienone is 2. The zero-order chi connectivity index (χ0) is 45.5. The Morgan fingerprint density at radius 3 is 2.45 bits per heavy atom. The summed E-state index contributed by atoms with van der Waals surface area (Å²) in [5.41, 5.74) is 3.64. The maximum Gasteiger partial charge on any atom is 0.312 e. The van der Waals surface area contributed by atoms with E-state index in [2.05, 4.69) is 15.4 Å². The number of phenols is 1. The molecule has 0 saturated heterocycles. The number of methoxy groups -OCH3 is 1. The van der Waals surface area contributed by atoms with Gasteiger partial charge in [-0.05, 0) is 37.3 Å². The van der Waals surface area contributed by atoms with Crippen molar-refractivity contribution in [1.82, 2.24) is 19.8 Å². The second-order valence-corrected chi connectivity index (χ2v) is 16.6. The van der Waals surface area contributed by atoms with Crippen LogP contribution in [0, 0.1) is 30.6 Å². The van der Waals surface area contributed by atoms with E-state index in [0.29, 0.717) is 5.65 Å². The van der Waals surface area contributed by atoms with Gasteiger partial charge in [-0.3, -0.25) is 23.6 Å². The molecule has 3 aliphatic heterocycles. The van der Waals surface area contributed by atoms with E-state index in [1.165, 1.54) is 46.3 Å². The lowest BCUT2D eigenvalue weighted by molar-refractivity contribution is -0.160. The Bertz CT molecular complexity index is 2720. The summed E-state index contributed by atoms with van der Waals surface area (Å²) in [5.74, 6) is -7.07. The number of benzene rings is 2. The monoisotopic (exact) mass is 855 g/mol. The fourth-order valence-corrected chi connectivity index (χ4v) is 8.32. The van der Waals surface area contributed by atoms with Crippen LogP contribution in [-0.4, -0.2) is 98.3 Å². The molecule has 3 aliphatic rings. The number of rotatable bonds is 5. The number of imidazole rings is 1. The molecular weight excluding hydrogens is 799 g/mol. The molecule has 62 heavy (non-hydrogen) atoms. The highest BCUT2D eigenvalue weighted by Gasteiger charge is 2.49. The molecular formula is C46H57N5O11. The number of carbonyl (C=O) groups excluding carboxylic acids is 3. The lowest BCUT2D eigenvalue weighted by Crippen LogP contribution is -2.46. The minimum absolute atomic E-state index is 0.0214. The molecule has 1 amide bonds. The molecule has 16 nitrogen and oxygen atoms in total. The number of Topliss-reactive ketones (excluding diaryl/α,β-unsaturated/α-hetero) is 1. The van der Waals surface area contributed by atoms with Crippen molar-refractivity contribution >= 4 is 51.3 Å². The van der Waals surface area contributed by atoms with Crippen molar-refractivity contribution in [2.75, 3.05) is 20.7 Å². The molecule has 5 heterocycles. The number of ketones is 1. The number of aliphatic hydroxyl groups is 2. The van der Waals surface area contributed by atoms with Gasteiger partial charge in [-0.1, -0.05) is 52.8 Å². The SMILES string of the molecule is CCN(C)NC=c1ccn2c(c1)[nH]c1c3c4c5c(C)c(=O)c3c(O)c(c12)=NC(=O)/C(C)=C\C=C\[C@H](C)[C@H](O)[C@@H](C)[C@@H](O)[C@@H](C)[C@H](OC(C)=O)[C@H](C)[C@@H](OC)/C=C/O[C@@](C)(O5)C4=O. The number of aromatic hydroxyl groups is 1. The third kappa shape index (κ3) is 8.27. The predicted octanol–water partition coefficient (Wildman–Crippen LogP) is 3.84. The van der Waals surface area contributed by atoms with Gasteiger partial charge in [-0.15, -0.1) is 0 Å². The smallest absolute Gasteiger partial charge is 0.312 e. The zero-order valence-electron chi connectivity index (χ0n) is 37.0. The summed E-state index contributed by atoms with van der Waals surface area (Å²) in [5, 5.41) is 37.3. The molecule has 332 valence electrons. The van der Waals surface area contributed by atoms with E-state index in [1.54, 1.807) is 69.6 Å². The summed E-state index contributed by atoms with van der Waals surface area (Å²) in [6, 6.07) is 3.62. The molecule has 0 radical (unpaired) electrons. The molecule has 0 unspecified atom stereocenters. The number of fused-ring (bicyclic) bond motifs is 14. The minimum Gasteiger partial charge on any atom is -0.505 e. The number of aromatic nitrogens is 2. The molecule has 9 atom stereocenters. The number of hydrazine groups is 1. The number of amides is 1. The molecule has 0 fully saturated rings. The Kier molecular flexibility index (Phi) is 13.2. The molecule has 7 rings (SSSR count). The highest BCUT2D eigenvalue weighted by Crippen LogP contribution is 2.44. The van der Waals surface area contributed by atoms with Crippen LogP contribution >= 0.6 is 0 Å². The predicted molar refractivity (Wildman–Crippen MR) is 233 cm³/mol. The van der Waals surface area contributed by atoms with Gasteiger partial charge in [0.05, 0.1) is 41.0 Å². The molecule has 2 aromatic heterocycles. The molecule has 2 aromatic carbocycles. The first kappa shape index (κ1) is 45.7. The Hall–Kier alpha value is -5.81. The number of nitrogens with zero attached hydrogens (tertiary/aromatic N) is 3. The van der Waals surface area contributed by atoms with Crippen LogP contribution < -0.4 is 26.2 Å². The normalized spacial score (nSPS) is 29.7. The van der Waals surface area contributed by atoms with Gasteiger partial charge >= 0.3 is 11.8 Å². The van der Waals surface area contributed by atoms with Crippen LogP contribution in [0.2, 0.25) is 0 Å². The van der Waals surface area contributed by atoms with Gasteiger partial charge < -0.3 is 44.7 Å². The first-order valence-electron chi connectivity index (χ1n) is 20.7. The highest BCUT2D eigenvalue weighted by molar-refractivity contribution is 6.23. The van der Waals surface area contributed by atoms with Crippen molar-refractivity contribution in [3.8, 4) is 11.5 Å². The second kappa shape index (κ2) is 17.9. The van der Waals surface area contributed by atoms with Crippen molar-refractivity contribution < 1.29 is 48.7 Å². The van der Waals surface area contributed by atoms with Crippen LogP contribution in [-0.2, 0) is 23.8 Å². The highest BCUT2D eigenvalue weighted by atomic mass is 16.7. The van der Waals surface area contributed by atoms with E-state index >= 15 is 0 Å². The van der Waals surface area contributed by atoms with Crippen molar-refractivity contribution in [1.29, 1.82) is 0 Å². The van der Waals surface area contributed by atoms with Crippen LogP contribution in [0.3, 0.4) is 0 Å². The minimum atomic E-state index is -2.00. The van der Waals surface area contributed by atoms with Gasteiger partial charge in [0.1, 0.15) is 28.4 Å². The molecule has 0 saturated carbocycles. The number of esters is 1. The number of hydrogen-bond donors (Lipinski definition) is 5. The quantitative estimate of drug-likeness (QED) is 0.143. The first-order valence-corrected chi connectivity index (χ1v) is 20.7. The molecule has 5 bridgehead atoms. The average molecular weight is 856 g/mol. The summed E-state index contributed by atoms with van der Waals surface area (Å²) in [4.78, 5) is 63.1. The largest absolute Gasteiger partial charge is 0.505 e. The van der Waals surface area contributed by atoms with E-state index < -0.39 is 82.7 Å². The van der Waals surface area contributed by atoms with E-state index in [-0.39, 0.29) is 49.6 Å². The Balaban J connectivity index is 1.63. The summed E-state index contributed by atoms with van der Waals surface area (Å²) in [6.45, 7) is 15.4. The van der Waals surface area contributed by atoms with Crippen molar-refractivity contribution in [3.63, 3.8) is 0 Å². The number of hydrogen-bond acceptors (Lipinski definition) is 13. The van der Waals surface area contributed by atoms with E-state index in [1.807, 2.05) is 25.0 Å². The number of phenolic OH excluding ortho intramolecular Hbond substituents is 1. The fraction of sp³-hybridized carbons (Fsp3) is 0.457. The van der Waals surface area contributed by atoms with Gasteiger partial charge in [-0.25, -0.2) is 10.0 Å². The standard InChI is InChI=1S/C46H57N5O11/c1-12-50(10)47-21-29-16-18-51-31(20-29)48-35-32-33-40(55)27(7)43-34(32)44(57)46(9,62-43)60-19-17-30(59-11)24(4)42(61-28(8)52)26(6)39(54)25(5)38(53)22(2)14-13-15-23(3)45(58)49-36(37(35)51)41(33)56/h13-22,24-26,30,38-39,42,47-48,53-54,56H,12H2,1-11H3/b14-13+,19-17+,23-15-,29-21?,49-36?/t22-,24+,25+,26+,30-,38-,39+,42+,46-/m0/s1. The summed E-state index contributed by atoms with van der Waals surface area (Å²) < 4.78 is 25.6. The lowest BCUT2D eigenvalue weighted by Gasteiger charge is -2.38. The van der Waals surface area contributed by atoms with Crippen molar-refractivity contribution in [2.45, 2.75) is 92.5 Å². The maximum absolute atomic E-state index is 14.7. The molecule has 5 N–H and O–H groups in total. The molecule has 0 aliphatic carbocycles.